The van der Waals surface area contributed by atoms with Crippen LogP contribution in [0.25, 0.3) is 0 Å². The summed E-state index contributed by atoms with van der Waals surface area (Å²) in [6, 6.07) is 14.5. The largest absolute Gasteiger partial charge is 0.336 e. The Morgan fingerprint density at radius 3 is 2.72 bits per heavy atom. The maximum absolute atomic E-state index is 12.8. The summed E-state index contributed by atoms with van der Waals surface area (Å²) >= 11 is 7.54. The van der Waals surface area contributed by atoms with Gasteiger partial charge in [0.25, 0.3) is 0 Å². The van der Waals surface area contributed by atoms with Crippen molar-refractivity contribution in [2.75, 3.05) is 36.6 Å². The quantitative estimate of drug-likeness (QED) is 0.710. The van der Waals surface area contributed by atoms with E-state index in [0.717, 1.165) is 4.90 Å². The molecule has 1 unspecified atom stereocenters. The summed E-state index contributed by atoms with van der Waals surface area (Å²) in [5.41, 5.74) is 1.39. The molecule has 29 heavy (non-hydrogen) atoms. The van der Waals surface area contributed by atoms with Crippen LogP contribution in [-0.4, -0.2) is 49.0 Å². The molecule has 1 heterocycles. The topological polar surface area (TPSA) is 69.7 Å². The number of nitrogens with one attached hydrogen (secondary N) is 1. The number of benzene rings is 2. The highest BCUT2D eigenvalue weighted by Crippen LogP contribution is 2.28. The molecule has 0 radical (unpaired) electrons. The maximum atomic E-state index is 12.8. The molecule has 1 aliphatic rings. The Balaban J connectivity index is 1.60. The fraction of sp³-hybridized carbons (Fsp3) is 0.286. The molecule has 0 saturated carbocycles. The minimum absolute atomic E-state index is 0.0800. The average molecular weight is 432 g/mol. The van der Waals surface area contributed by atoms with Gasteiger partial charge >= 0.3 is 0 Å². The van der Waals surface area contributed by atoms with Crippen molar-refractivity contribution in [2.45, 2.75) is 11.3 Å². The smallest absolute Gasteiger partial charge is 0.244 e. The molecule has 1 aliphatic heterocycles. The van der Waals surface area contributed by atoms with Gasteiger partial charge in [0, 0.05) is 35.6 Å². The molecule has 152 valence electrons. The van der Waals surface area contributed by atoms with Crippen molar-refractivity contribution in [1.82, 2.24) is 4.90 Å². The second-order valence-corrected chi connectivity index (χ2v) is 8.11. The molecule has 1 fully saturated rings. The monoisotopic (exact) mass is 431 g/mol. The maximum Gasteiger partial charge on any atom is 0.244 e. The first kappa shape index (κ1) is 21.2. The average Bonchev–Trinajstić information content (AvgIpc) is 3.09. The molecule has 2 aromatic carbocycles. The standard InChI is InChI=1S/C21H22ClN3O3S/c1-24(13-19(26)23-17-8-3-4-9-18(17)29-2)21(28)14-10-20(27)25(12-14)16-7-5-6-15(22)11-16/h3-9,11,14H,10,12-13H2,1-2H3,(H,23,26). The van der Waals surface area contributed by atoms with E-state index in [2.05, 4.69) is 5.32 Å². The van der Waals surface area contributed by atoms with Crippen molar-refractivity contribution in [3.63, 3.8) is 0 Å². The number of carbonyl (C=O) groups excluding carboxylic acids is 3. The van der Waals surface area contributed by atoms with E-state index in [9.17, 15) is 14.4 Å². The number of halogens is 1. The molecule has 8 heteroatoms. The minimum atomic E-state index is -0.488. The Labute approximate surface area is 179 Å². The normalized spacial score (nSPS) is 16.0. The van der Waals surface area contributed by atoms with E-state index in [-0.39, 0.29) is 37.2 Å². The number of anilines is 2. The van der Waals surface area contributed by atoms with Gasteiger partial charge < -0.3 is 15.1 Å². The van der Waals surface area contributed by atoms with Gasteiger partial charge in [0.2, 0.25) is 17.7 Å². The number of rotatable bonds is 6. The summed E-state index contributed by atoms with van der Waals surface area (Å²) in [5.74, 6) is -1.12. The molecule has 0 aromatic heterocycles. The summed E-state index contributed by atoms with van der Waals surface area (Å²) in [6.45, 7) is 0.197. The van der Waals surface area contributed by atoms with Crippen LogP contribution in [0.4, 0.5) is 11.4 Å². The lowest BCUT2D eigenvalue weighted by molar-refractivity contribution is -0.137. The lowest BCUT2D eigenvalue weighted by Crippen LogP contribution is -2.39. The minimum Gasteiger partial charge on any atom is -0.336 e. The van der Waals surface area contributed by atoms with Crippen LogP contribution < -0.4 is 10.2 Å². The summed E-state index contributed by atoms with van der Waals surface area (Å²) in [7, 11) is 1.58. The van der Waals surface area contributed by atoms with Gasteiger partial charge in [0.1, 0.15) is 0 Å². The van der Waals surface area contributed by atoms with Gasteiger partial charge in [-0.05, 0) is 36.6 Å². The van der Waals surface area contributed by atoms with E-state index >= 15 is 0 Å². The summed E-state index contributed by atoms with van der Waals surface area (Å²) in [6.07, 6.45) is 2.05. The third kappa shape index (κ3) is 5.10. The molecular formula is C21H22ClN3O3S. The van der Waals surface area contributed by atoms with Crippen LogP contribution in [0.1, 0.15) is 6.42 Å². The molecule has 6 nitrogen and oxygen atoms in total. The Hall–Kier alpha value is -2.51. The van der Waals surface area contributed by atoms with Gasteiger partial charge in [0.15, 0.2) is 0 Å². The molecule has 0 aliphatic carbocycles. The zero-order valence-corrected chi connectivity index (χ0v) is 17.8. The fourth-order valence-electron chi connectivity index (χ4n) is 3.31. The summed E-state index contributed by atoms with van der Waals surface area (Å²) < 4.78 is 0. The second kappa shape index (κ2) is 9.33. The van der Waals surface area contributed by atoms with Crippen LogP contribution in [0.3, 0.4) is 0 Å². The lowest BCUT2D eigenvalue weighted by Gasteiger charge is -2.21. The molecule has 0 bridgehead atoms. The van der Waals surface area contributed by atoms with E-state index in [0.29, 0.717) is 16.4 Å². The van der Waals surface area contributed by atoms with E-state index in [1.54, 1.807) is 36.2 Å². The molecule has 1 saturated heterocycles. The Morgan fingerprint density at radius 2 is 2.00 bits per heavy atom. The zero-order valence-electron chi connectivity index (χ0n) is 16.2. The van der Waals surface area contributed by atoms with Gasteiger partial charge in [-0.15, -0.1) is 11.8 Å². The van der Waals surface area contributed by atoms with E-state index in [1.165, 1.54) is 16.7 Å². The van der Waals surface area contributed by atoms with Crippen molar-refractivity contribution >= 4 is 52.5 Å². The number of carbonyl (C=O) groups is 3. The van der Waals surface area contributed by atoms with E-state index in [4.69, 9.17) is 11.6 Å². The molecule has 3 amide bonds. The van der Waals surface area contributed by atoms with Gasteiger partial charge in [-0.3, -0.25) is 14.4 Å². The summed E-state index contributed by atoms with van der Waals surface area (Å²) in [4.78, 5) is 41.5. The van der Waals surface area contributed by atoms with Crippen molar-refractivity contribution in [3.05, 3.63) is 53.6 Å². The predicted molar refractivity (Wildman–Crippen MR) is 116 cm³/mol. The first-order valence-corrected chi connectivity index (χ1v) is 10.7. The van der Waals surface area contributed by atoms with Gasteiger partial charge in [-0.2, -0.15) is 0 Å². The summed E-state index contributed by atoms with van der Waals surface area (Å²) in [5, 5.41) is 3.37. The SMILES string of the molecule is CSc1ccccc1NC(=O)CN(C)C(=O)C1CC(=O)N(c2cccc(Cl)c2)C1. The Morgan fingerprint density at radius 1 is 1.24 bits per heavy atom. The predicted octanol–water partition coefficient (Wildman–Crippen LogP) is 3.51. The van der Waals surface area contributed by atoms with Crippen LogP contribution in [-0.2, 0) is 14.4 Å². The fourth-order valence-corrected chi connectivity index (χ4v) is 4.05. The molecule has 1 N–H and O–H groups in total. The second-order valence-electron chi connectivity index (χ2n) is 6.83. The number of nitrogens with zero attached hydrogens (tertiary/aromatic N) is 2. The van der Waals surface area contributed by atoms with E-state index in [1.807, 2.05) is 30.5 Å². The Kier molecular flexibility index (Phi) is 6.82. The van der Waals surface area contributed by atoms with Gasteiger partial charge in [-0.25, -0.2) is 0 Å². The van der Waals surface area contributed by atoms with Crippen LogP contribution >= 0.6 is 23.4 Å². The van der Waals surface area contributed by atoms with Crippen molar-refractivity contribution in [1.29, 1.82) is 0 Å². The van der Waals surface area contributed by atoms with Crippen LogP contribution in [0.15, 0.2) is 53.4 Å². The third-order valence-electron chi connectivity index (χ3n) is 4.73. The number of likely N-dealkylation sites (N-methyl/N-ethyl adjacent to an activating group) is 1. The number of hydrogen-bond acceptors (Lipinski definition) is 4. The van der Waals surface area contributed by atoms with Crippen molar-refractivity contribution < 1.29 is 14.4 Å². The van der Waals surface area contributed by atoms with E-state index < -0.39 is 5.92 Å². The number of para-hydroxylation sites is 1. The first-order chi connectivity index (χ1) is 13.9. The van der Waals surface area contributed by atoms with Gasteiger partial charge in [-0.1, -0.05) is 29.8 Å². The number of thioether (sulfide) groups is 1. The third-order valence-corrected chi connectivity index (χ3v) is 5.76. The van der Waals surface area contributed by atoms with Crippen molar-refractivity contribution in [3.8, 4) is 0 Å². The van der Waals surface area contributed by atoms with Gasteiger partial charge in [0.05, 0.1) is 18.2 Å². The molecule has 2 aromatic rings. The highest BCUT2D eigenvalue weighted by atomic mass is 35.5. The first-order valence-electron chi connectivity index (χ1n) is 9.13. The molecule has 0 spiro atoms. The van der Waals surface area contributed by atoms with Crippen LogP contribution in [0.2, 0.25) is 5.02 Å². The van der Waals surface area contributed by atoms with Crippen LogP contribution in [0, 0.1) is 5.92 Å². The highest BCUT2D eigenvalue weighted by molar-refractivity contribution is 7.98. The van der Waals surface area contributed by atoms with Crippen LogP contribution in [0.5, 0.6) is 0 Å². The Bertz CT molecular complexity index is 937. The lowest BCUT2D eigenvalue weighted by atomic mass is 10.1. The van der Waals surface area contributed by atoms with Crippen molar-refractivity contribution in [2.24, 2.45) is 5.92 Å². The molecular weight excluding hydrogens is 410 g/mol. The number of hydrogen-bond donors (Lipinski definition) is 1. The highest BCUT2D eigenvalue weighted by Gasteiger charge is 2.36. The zero-order chi connectivity index (χ0) is 21.0. The molecule has 1 atom stereocenters. The molecule has 3 rings (SSSR count). The number of amides is 3.